The Morgan fingerprint density at radius 2 is 2.31 bits per heavy atom. The van der Waals surface area contributed by atoms with Crippen molar-refractivity contribution < 1.29 is 9.53 Å². The summed E-state index contributed by atoms with van der Waals surface area (Å²) >= 11 is 0. The molecule has 0 saturated carbocycles. The molecule has 0 aromatic rings. The molecule has 1 saturated heterocycles. The molecule has 1 heterocycles. The maximum Gasteiger partial charge on any atom is 0.263 e. The van der Waals surface area contributed by atoms with E-state index in [9.17, 15) is 4.79 Å². The summed E-state index contributed by atoms with van der Waals surface area (Å²) in [5, 5.41) is 3.10. The summed E-state index contributed by atoms with van der Waals surface area (Å²) in [6.07, 6.45) is 1.45. The number of ether oxygens (including phenoxy) is 1. The van der Waals surface area contributed by atoms with Crippen LogP contribution in [0.3, 0.4) is 0 Å². The van der Waals surface area contributed by atoms with Gasteiger partial charge in [0.2, 0.25) is 0 Å². The maximum atomic E-state index is 11.2. The molecular weight excluding hydrogens is 208 g/mol. The normalized spacial score (nSPS) is 25.0. The van der Waals surface area contributed by atoms with Crippen molar-refractivity contribution in [1.29, 1.82) is 0 Å². The smallest absolute Gasteiger partial charge is 0.263 e. The Balaban J connectivity index is 2.23. The lowest BCUT2D eigenvalue weighted by Gasteiger charge is -2.20. The summed E-state index contributed by atoms with van der Waals surface area (Å²) in [4.78, 5) is 13.4. The lowest BCUT2D eigenvalue weighted by atomic mass is 10.2. The van der Waals surface area contributed by atoms with E-state index in [1.54, 1.807) is 0 Å². The summed E-state index contributed by atoms with van der Waals surface area (Å²) in [5.41, 5.74) is 2.13. The first-order valence-electron chi connectivity index (χ1n) is 5.66. The molecule has 4 N–H and O–H groups in total. The van der Waals surface area contributed by atoms with E-state index in [1.807, 2.05) is 7.05 Å². The second-order valence-corrected chi connectivity index (χ2v) is 4.20. The molecule has 1 aliphatic heterocycles. The van der Waals surface area contributed by atoms with Crippen LogP contribution in [-0.4, -0.2) is 56.7 Å². The van der Waals surface area contributed by atoms with Crippen LogP contribution < -0.4 is 16.6 Å². The van der Waals surface area contributed by atoms with Crippen LogP contribution in [0.4, 0.5) is 0 Å². The van der Waals surface area contributed by atoms with Gasteiger partial charge in [-0.15, -0.1) is 0 Å². The van der Waals surface area contributed by atoms with Crippen molar-refractivity contribution in [1.82, 2.24) is 15.6 Å². The van der Waals surface area contributed by atoms with Gasteiger partial charge in [0.1, 0.15) is 6.10 Å². The van der Waals surface area contributed by atoms with Crippen LogP contribution in [0.1, 0.15) is 12.8 Å². The van der Waals surface area contributed by atoms with E-state index in [0.29, 0.717) is 0 Å². The Kier molecular flexibility index (Phi) is 5.68. The Morgan fingerprint density at radius 3 is 2.94 bits per heavy atom. The maximum absolute atomic E-state index is 11.2. The molecule has 6 heteroatoms. The molecule has 1 amide bonds. The van der Waals surface area contributed by atoms with E-state index < -0.39 is 0 Å². The number of carbonyl (C=O) groups excluding carboxylic acids is 1. The summed E-state index contributed by atoms with van der Waals surface area (Å²) in [6.45, 7) is 2.79. The van der Waals surface area contributed by atoms with Gasteiger partial charge in [0.05, 0.1) is 6.10 Å². The fraction of sp³-hybridized carbons (Fsp3) is 0.900. The topological polar surface area (TPSA) is 79.6 Å². The summed E-state index contributed by atoms with van der Waals surface area (Å²) in [5.74, 6) is 4.84. The van der Waals surface area contributed by atoms with Crippen LogP contribution in [0.25, 0.3) is 0 Å². The summed E-state index contributed by atoms with van der Waals surface area (Å²) < 4.78 is 5.61. The van der Waals surface area contributed by atoms with Gasteiger partial charge in [-0.05, 0) is 26.9 Å². The largest absolute Gasteiger partial charge is 0.364 e. The van der Waals surface area contributed by atoms with Crippen molar-refractivity contribution in [3.05, 3.63) is 0 Å². The molecule has 0 bridgehead atoms. The van der Waals surface area contributed by atoms with Crippen LogP contribution in [-0.2, 0) is 9.53 Å². The molecule has 94 valence electrons. The Bertz CT molecular complexity index is 225. The number of nitrogens with zero attached hydrogens (tertiary/aromatic N) is 1. The second kappa shape index (κ2) is 6.80. The van der Waals surface area contributed by atoms with Crippen molar-refractivity contribution in [3.8, 4) is 0 Å². The van der Waals surface area contributed by atoms with E-state index in [-0.39, 0.29) is 18.1 Å². The van der Waals surface area contributed by atoms with Crippen LogP contribution in [0.5, 0.6) is 0 Å². The zero-order valence-corrected chi connectivity index (χ0v) is 10.0. The standard InChI is InChI=1S/C10H22N4O2/c1-12-5-6-14(2)7-8-3-4-9(16-8)10(15)13-11/h8-9,12H,3-7,11H2,1-2H3,(H,13,15). The molecule has 6 nitrogen and oxygen atoms in total. The molecule has 1 aliphatic rings. The van der Waals surface area contributed by atoms with Gasteiger partial charge in [0.25, 0.3) is 5.91 Å². The average molecular weight is 230 g/mol. The number of amides is 1. The number of hydrazine groups is 1. The fourth-order valence-electron chi connectivity index (χ4n) is 1.87. The fourth-order valence-corrected chi connectivity index (χ4v) is 1.87. The van der Waals surface area contributed by atoms with Gasteiger partial charge < -0.3 is 15.0 Å². The van der Waals surface area contributed by atoms with E-state index >= 15 is 0 Å². The molecule has 16 heavy (non-hydrogen) atoms. The number of nitrogens with two attached hydrogens (primary N) is 1. The number of carbonyl (C=O) groups is 1. The minimum absolute atomic E-state index is 0.143. The van der Waals surface area contributed by atoms with Crippen molar-refractivity contribution in [2.24, 2.45) is 5.84 Å². The van der Waals surface area contributed by atoms with E-state index in [1.165, 1.54) is 0 Å². The molecule has 0 aromatic heterocycles. The van der Waals surface area contributed by atoms with Gasteiger partial charge in [-0.1, -0.05) is 0 Å². The predicted octanol–water partition coefficient (Wildman–Crippen LogP) is -1.32. The number of rotatable bonds is 6. The summed E-state index contributed by atoms with van der Waals surface area (Å²) in [7, 11) is 3.98. The van der Waals surface area contributed by atoms with Gasteiger partial charge >= 0.3 is 0 Å². The Hall–Kier alpha value is -0.690. The quantitative estimate of drug-likeness (QED) is 0.299. The predicted molar refractivity (Wildman–Crippen MR) is 61.6 cm³/mol. The molecule has 0 aliphatic carbocycles. The summed E-state index contributed by atoms with van der Waals surface area (Å²) in [6, 6.07) is 0. The van der Waals surface area contributed by atoms with Crippen molar-refractivity contribution in [2.45, 2.75) is 25.0 Å². The highest BCUT2D eigenvalue weighted by Gasteiger charge is 2.30. The highest BCUT2D eigenvalue weighted by atomic mass is 16.5. The monoisotopic (exact) mass is 230 g/mol. The van der Waals surface area contributed by atoms with Crippen LogP contribution in [0.2, 0.25) is 0 Å². The van der Waals surface area contributed by atoms with Crippen LogP contribution in [0.15, 0.2) is 0 Å². The van der Waals surface area contributed by atoms with Gasteiger partial charge in [-0.2, -0.15) is 0 Å². The third-order valence-corrected chi connectivity index (χ3v) is 2.80. The number of nitrogens with one attached hydrogen (secondary N) is 2. The Labute approximate surface area is 96.5 Å². The minimum Gasteiger partial charge on any atom is -0.364 e. The van der Waals surface area contributed by atoms with Gasteiger partial charge in [0, 0.05) is 19.6 Å². The lowest BCUT2D eigenvalue weighted by molar-refractivity contribution is -0.132. The molecule has 2 atom stereocenters. The number of hydrogen-bond donors (Lipinski definition) is 3. The van der Waals surface area contributed by atoms with Gasteiger partial charge in [0.15, 0.2) is 0 Å². The van der Waals surface area contributed by atoms with Crippen molar-refractivity contribution in [2.75, 3.05) is 33.7 Å². The first kappa shape index (κ1) is 13.4. The minimum atomic E-state index is -0.368. The molecule has 0 spiro atoms. The molecule has 2 unspecified atom stereocenters. The van der Waals surface area contributed by atoms with Gasteiger partial charge in [-0.25, -0.2) is 5.84 Å². The van der Waals surface area contributed by atoms with E-state index in [4.69, 9.17) is 10.6 Å². The van der Waals surface area contributed by atoms with Crippen LogP contribution >= 0.6 is 0 Å². The average Bonchev–Trinajstić information content (AvgIpc) is 2.73. The number of hydrogen-bond acceptors (Lipinski definition) is 5. The Morgan fingerprint density at radius 1 is 1.56 bits per heavy atom. The molecule has 1 fully saturated rings. The zero-order chi connectivity index (χ0) is 12.0. The zero-order valence-electron chi connectivity index (χ0n) is 10.0. The second-order valence-electron chi connectivity index (χ2n) is 4.20. The lowest BCUT2D eigenvalue weighted by Crippen LogP contribution is -2.40. The van der Waals surface area contributed by atoms with Crippen molar-refractivity contribution >= 4 is 5.91 Å². The van der Waals surface area contributed by atoms with Gasteiger partial charge in [-0.3, -0.25) is 10.2 Å². The molecule has 1 rings (SSSR count). The first-order chi connectivity index (χ1) is 7.67. The van der Waals surface area contributed by atoms with E-state index in [2.05, 4.69) is 22.7 Å². The van der Waals surface area contributed by atoms with Crippen LogP contribution in [0, 0.1) is 0 Å². The molecular formula is C10H22N4O2. The third kappa shape index (κ3) is 4.05. The number of likely N-dealkylation sites (N-methyl/N-ethyl adjacent to an activating group) is 2. The SMILES string of the molecule is CNCCN(C)CC1CCC(C(=O)NN)O1. The molecule has 0 aromatic carbocycles. The highest BCUT2D eigenvalue weighted by Crippen LogP contribution is 2.20. The third-order valence-electron chi connectivity index (χ3n) is 2.80. The highest BCUT2D eigenvalue weighted by molar-refractivity contribution is 5.80. The molecule has 0 radical (unpaired) electrons. The van der Waals surface area contributed by atoms with Crippen molar-refractivity contribution in [3.63, 3.8) is 0 Å². The van der Waals surface area contributed by atoms with E-state index in [0.717, 1.165) is 32.5 Å². The first-order valence-corrected chi connectivity index (χ1v) is 5.66.